The van der Waals surface area contributed by atoms with Gasteiger partial charge in [-0.1, -0.05) is 24.3 Å². The third-order valence-corrected chi connectivity index (χ3v) is 4.29. The van der Waals surface area contributed by atoms with Crippen molar-refractivity contribution >= 4 is 23.5 Å². The number of hydrogen-bond acceptors (Lipinski definition) is 8. The van der Waals surface area contributed by atoms with E-state index in [2.05, 4.69) is 11.6 Å². The van der Waals surface area contributed by atoms with E-state index in [0.29, 0.717) is 19.0 Å². The summed E-state index contributed by atoms with van der Waals surface area (Å²) in [4.78, 5) is 22.3. The van der Waals surface area contributed by atoms with Crippen LogP contribution in [0, 0.1) is 0 Å². The quantitative estimate of drug-likeness (QED) is 0.279. The number of methoxy groups -OCH3 is 1. The van der Waals surface area contributed by atoms with Crippen LogP contribution in [0.15, 0.2) is 48.5 Å². The molecule has 1 saturated heterocycles. The van der Waals surface area contributed by atoms with Gasteiger partial charge in [-0.2, -0.15) is 0 Å². The molecule has 0 saturated carbocycles. The van der Waals surface area contributed by atoms with Crippen LogP contribution in [0.1, 0.15) is 37.8 Å². The molecule has 8 nitrogen and oxygen atoms in total. The Bertz CT molecular complexity index is 832. The fourth-order valence-corrected chi connectivity index (χ4v) is 2.81. The van der Waals surface area contributed by atoms with Gasteiger partial charge in [0.25, 0.3) is 0 Å². The zero-order valence-corrected chi connectivity index (χ0v) is 22.4. The maximum Gasteiger partial charge on any atom is 0.310 e. The Kier molecular flexibility index (Phi) is 20.9. The Morgan fingerprint density at radius 3 is 1.86 bits per heavy atom. The zero-order chi connectivity index (χ0) is 27.0. The van der Waals surface area contributed by atoms with Crippen LogP contribution in [0.2, 0.25) is 0 Å². The van der Waals surface area contributed by atoms with Gasteiger partial charge in [-0.05, 0) is 62.1 Å². The molecule has 1 fully saturated rings. The number of phenolic OH excluding ortho intramolecular Hbond substituents is 1. The second kappa shape index (κ2) is 22.6. The standard InChI is InChI=1S/C12H16O4.C10H12O3.C4H8O.CH3Cl/c1-3-15-12(13)8-10-5-4-6-11(7-10)16-9-14-2;1-2-13-10(12)7-8-4-3-5-9(11)6-8;1-2-4-5-3-1;1-2/h4-7H,3,8-9H2,1-2H3;3-6,11H,2,7H2,1H3;1-4H2;1H3. The first-order chi connectivity index (χ1) is 17.5. The van der Waals surface area contributed by atoms with Gasteiger partial charge in [-0.15, -0.1) is 11.6 Å². The number of phenols is 1. The number of benzene rings is 2. The second-order valence-corrected chi connectivity index (χ2v) is 7.15. The van der Waals surface area contributed by atoms with Gasteiger partial charge >= 0.3 is 11.9 Å². The highest BCUT2D eigenvalue weighted by Crippen LogP contribution is 2.14. The molecule has 1 heterocycles. The van der Waals surface area contributed by atoms with Gasteiger partial charge < -0.3 is 28.8 Å². The van der Waals surface area contributed by atoms with E-state index in [9.17, 15) is 9.59 Å². The van der Waals surface area contributed by atoms with E-state index >= 15 is 0 Å². The van der Waals surface area contributed by atoms with Crippen molar-refractivity contribution in [3.63, 3.8) is 0 Å². The number of esters is 2. The van der Waals surface area contributed by atoms with E-state index in [1.54, 1.807) is 51.3 Å². The van der Waals surface area contributed by atoms with Crippen LogP contribution < -0.4 is 4.74 Å². The molecule has 9 heteroatoms. The lowest BCUT2D eigenvalue weighted by molar-refractivity contribution is -0.143. The van der Waals surface area contributed by atoms with Crippen molar-refractivity contribution in [2.24, 2.45) is 0 Å². The molecule has 1 N–H and O–H groups in total. The highest BCUT2D eigenvalue weighted by Gasteiger charge is 2.05. The number of rotatable bonds is 9. The normalized spacial score (nSPS) is 11.4. The molecule has 36 heavy (non-hydrogen) atoms. The van der Waals surface area contributed by atoms with Gasteiger partial charge in [0.1, 0.15) is 11.5 Å². The number of carbonyl (C=O) groups excluding carboxylic acids is 2. The Morgan fingerprint density at radius 1 is 0.889 bits per heavy atom. The molecule has 0 bridgehead atoms. The monoisotopic (exact) mass is 526 g/mol. The zero-order valence-electron chi connectivity index (χ0n) is 21.7. The maximum absolute atomic E-state index is 11.3. The first-order valence-corrected chi connectivity index (χ1v) is 12.5. The summed E-state index contributed by atoms with van der Waals surface area (Å²) in [6.07, 6.45) is 4.50. The van der Waals surface area contributed by atoms with E-state index in [1.165, 1.54) is 19.2 Å². The number of aromatic hydroxyl groups is 1. The Balaban J connectivity index is 0.000000545. The summed E-state index contributed by atoms with van der Waals surface area (Å²) in [5.41, 5.74) is 1.63. The molecule has 202 valence electrons. The minimum Gasteiger partial charge on any atom is -0.508 e. The summed E-state index contributed by atoms with van der Waals surface area (Å²) in [6.45, 7) is 6.54. The van der Waals surface area contributed by atoms with Crippen molar-refractivity contribution in [1.82, 2.24) is 0 Å². The van der Waals surface area contributed by atoms with Gasteiger partial charge in [-0.3, -0.25) is 9.59 Å². The largest absolute Gasteiger partial charge is 0.508 e. The Labute approximate surface area is 219 Å². The highest BCUT2D eigenvalue weighted by atomic mass is 35.5. The van der Waals surface area contributed by atoms with Crippen molar-refractivity contribution in [2.45, 2.75) is 39.5 Å². The number of alkyl halides is 1. The van der Waals surface area contributed by atoms with Gasteiger partial charge in [-0.25, -0.2) is 0 Å². The minimum atomic E-state index is -0.270. The fourth-order valence-electron chi connectivity index (χ4n) is 2.81. The molecular formula is C27H39ClO8. The lowest BCUT2D eigenvalue weighted by atomic mass is 10.1. The number of carbonyl (C=O) groups is 2. The number of halogens is 1. The molecule has 1 aliphatic heterocycles. The summed E-state index contributed by atoms with van der Waals surface area (Å²) in [5, 5.41) is 9.10. The molecule has 2 aromatic carbocycles. The number of ether oxygens (including phenoxy) is 5. The van der Waals surface area contributed by atoms with Gasteiger partial charge in [0, 0.05) is 26.7 Å². The molecule has 0 amide bonds. The summed E-state index contributed by atoms with van der Waals surface area (Å²) in [6, 6.07) is 13.9. The molecule has 0 radical (unpaired) electrons. The van der Waals surface area contributed by atoms with Crippen molar-refractivity contribution in [3.8, 4) is 11.5 Å². The van der Waals surface area contributed by atoms with E-state index in [4.69, 9.17) is 28.8 Å². The average molecular weight is 527 g/mol. The predicted molar refractivity (Wildman–Crippen MR) is 140 cm³/mol. The first kappa shape index (κ1) is 33.2. The SMILES string of the molecule is C1CCOC1.CCOC(=O)Cc1cccc(O)c1.CCOC(=O)Cc1cccc(OCOC)c1.CCl. The molecular weight excluding hydrogens is 488 g/mol. The van der Waals surface area contributed by atoms with E-state index in [-0.39, 0.29) is 37.3 Å². The summed E-state index contributed by atoms with van der Waals surface area (Å²) in [7, 11) is 1.56. The van der Waals surface area contributed by atoms with Crippen LogP contribution in [0.4, 0.5) is 0 Å². The Hall–Kier alpha value is -2.81. The minimum absolute atomic E-state index is 0.168. The smallest absolute Gasteiger partial charge is 0.310 e. The molecule has 3 rings (SSSR count). The Morgan fingerprint density at radius 2 is 1.42 bits per heavy atom. The molecule has 0 spiro atoms. The van der Waals surface area contributed by atoms with Crippen LogP contribution in [0.3, 0.4) is 0 Å². The lowest BCUT2D eigenvalue weighted by Gasteiger charge is -2.06. The second-order valence-electron chi connectivity index (χ2n) is 7.15. The van der Waals surface area contributed by atoms with Crippen LogP contribution in [0.5, 0.6) is 11.5 Å². The van der Waals surface area contributed by atoms with Crippen molar-refractivity contribution in [1.29, 1.82) is 0 Å². The molecule has 0 aromatic heterocycles. The van der Waals surface area contributed by atoms with Gasteiger partial charge in [0.15, 0.2) is 6.79 Å². The van der Waals surface area contributed by atoms with Crippen LogP contribution in [-0.4, -0.2) is 63.8 Å². The van der Waals surface area contributed by atoms with Gasteiger partial charge in [0.05, 0.1) is 26.1 Å². The summed E-state index contributed by atoms with van der Waals surface area (Å²) in [5.74, 6) is 0.352. The first-order valence-electron chi connectivity index (χ1n) is 11.7. The van der Waals surface area contributed by atoms with Crippen LogP contribution in [0.25, 0.3) is 0 Å². The molecule has 0 atom stereocenters. The summed E-state index contributed by atoms with van der Waals surface area (Å²) >= 11 is 4.64. The number of hydrogen-bond donors (Lipinski definition) is 1. The van der Waals surface area contributed by atoms with Crippen molar-refractivity contribution in [2.75, 3.05) is 46.7 Å². The molecule has 0 unspecified atom stereocenters. The van der Waals surface area contributed by atoms with E-state index in [0.717, 1.165) is 24.3 Å². The van der Waals surface area contributed by atoms with E-state index in [1.807, 2.05) is 18.2 Å². The van der Waals surface area contributed by atoms with Crippen molar-refractivity contribution < 1.29 is 38.4 Å². The average Bonchev–Trinajstić information content (AvgIpc) is 3.45. The third-order valence-electron chi connectivity index (χ3n) is 4.29. The lowest BCUT2D eigenvalue weighted by Crippen LogP contribution is -2.07. The van der Waals surface area contributed by atoms with Crippen LogP contribution in [-0.2, 0) is 41.4 Å². The summed E-state index contributed by atoms with van der Waals surface area (Å²) < 4.78 is 24.6. The molecule has 0 aliphatic carbocycles. The van der Waals surface area contributed by atoms with Gasteiger partial charge in [0.2, 0.25) is 0 Å². The topological polar surface area (TPSA) is 101 Å². The van der Waals surface area contributed by atoms with E-state index < -0.39 is 0 Å². The maximum atomic E-state index is 11.3. The molecule has 1 aliphatic rings. The van der Waals surface area contributed by atoms with Crippen LogP contribution >= 0.6 is 11.6 Å². The highest BCUT2D eigenvalue weighted by molar-refractivity contribution is 6.15. The third kappa shape index (κ3) is 17.6. The predicted octanol–water partition coefficient (Wildman–Crippen LogP) is 4.92. The molecule has 2 aromatic rings. The fraction of sp³-hybridized carbons (Fsp3) is 0.481. The van der Waals surface area contributed by atoms with Crippen molar-refractivity contribution in [3.05, 3.63) is 59.7 Å².